The number of hydrogen-bond acceptors (Lipinski definition) is 3. The second-order valence-corrected chi connectivity index (χ2v) is 5.00. The van der Waals surface area contributed by atoms with E-state index in [1.165, 1.54) is 32.5 Å². The van der Waals surface area contributed by atoms with Crippen molar-refractivity contribution in [3.8, 4) is 0 Å². The normalized spacial score (nSPS) is 17.8. The van der Waals surface area contributed by atoms with Crippen LogP contribution in [0.15, 0.2) is 0 Å². The summed E-state index contributed by atoms with van der Waals surface area (Å²) in [5.74, 6) is 0.215. The number of hydrogen-bond donors (Lipinski definition) is 0. The van der Waals surface area contributed by atoms with Crippen LogP contribution >= 0.6 is 0 Å². The number of nitrogens with zero attached hydrogens (tertiary/aromatic N) is 3. The monoisotopic (exact) mass is 241 g/mol. The molecule has 1 rings (SSSR count). The van der Waals surface area contributed by atoms with Crippen molar-refractivity contribution in [2.45, 2.75) is 26.7 Å². The Kier molecular flexibility index (Phi) is 6.52. The molecule has 1 saturated heterocycles. The molecule has 0 aromatic rings. The molecular formula is C13H27N3O. The molecule has 0 aromatic heterocycles. The molecule has 17 heavy (non-hydrogen) atoms. The lowest BCUT2D eigenvalue weighted by atomic mass is 10.2. The average molecular weight is 241 g/mol. The van der Waals surface area contributed by atoms with E-state index in [4.69, 9.17) is 0 Å². The average Bonchev–Trinajstić information content (AvgIpc) is 2.30. The molecule has 4 nitrogen and oxygen atoms in total. The van der Waals surface area contributed by atoms with Crippen molar-refractivity contribution in [2.24, 2.45) is 0 Å². The Morgan fingerprint density at radius 2 is 1.82 bits per heavy atom. The second kappa shape index (κ2) is 7.67. The zero-order chi connectivity index (χ0) is 12.7. The van der Waals surface area contributed by atoms with Crippen LogP contribution in [0.2, 0.25) is 0 Å². The molecule has 4 heteroatoms. The minimum Gasteiger partial charge on any atom is -0.340 e. The summed E-state index contributed by atoms with van der Waals surface area (Å²) in [6.07, 6.45) is 2.46. The zero-order valence-electron chi connectivity index (χ0n) is 11.6. The Balaban J connectivity index is 2.08. The maximum absolute atomic E-state index is 11.2. The summed E-state index contributed by atoms with van der Waals surface area (Å²) in [5.41, 5.74) is 0. The first-order chi connectivity index (χ1) is 8.13. The smallest absolute Gasteiger partial charge is 0.219 e. The number of piperazine rings is 1. The van der Waals surface area contributed by atoms with Gasteiger partial charge in [-0.15, -0.1) is 0 Å². The van der Waals surface area contributed by atoms with Crippen LogP contribution in [0.25, 0.3) is 0 Å². The number of carbonyl (C=O) groups is 1. The molecule has 0 aliphatic carbocycles. The molecule has 1 heterocycles. The molecule has 0 radical (unpaired) electrons. The van der Waals surface area contributed by atoms with Crippen molar-refractivity contribution >= 4 is 5.91 Å². The summed E-state index contributed by atoms with van der Waals surface area (Å²) < 4.78 is 0. The fourth-order valence-corrected chi connectivity index (χ4v) is 2.34. The summed E-state index contributed by atoms with van der Waals surface area (Å²) in [4.78, 5) is 18.0. The number of rotatable bonds is 6. The number of carbonyl (C=O) groups excluding carboxylic acids is 1. The minimum absolute atomic E-state index is 0.215. The van der Waals surface area contributed by atoms with Crippen LogP contribution < -0.4 is 0 Å². The summed E-state index contributed by atoms with van der Waals surface area (Å²) in [6.45, 7) is 11.3. The topological polar surface area (TPSA) is 26.8 Å². The van der Waals surface area contributed by atoms with E-state index in [-0.39, 0.29) is 5.91 Å². The van der Waals surface area contributed by atoms with Gasteiger partial charge in [-0.2, -0.15) is 0 Å². The van der Waals surface area contributed by atoms with Crippen molar-refractivity contribution < 1.29 is 4.79 Å². The fourth-order valence-electron chi connectivity index (χ4n) is 2.34. The van der Waals surface area contributed by atoms with E-state index in [0.29, 0.717) is 0 Å². The predicted octanol–water partition coefficient (Wildman–Crippen LogP) is 0.882. The van der Waals surface area contributed by atoms with Crippen LogP contribution in [0, 0.1) is 0 Å². The highest BCUT2D eigenvalue weighted by molar-refractivity contribution is 5.73. The summed E-state index contributed by atoms with van der Waals surface area (Å²) >= 11 is 0. The Morgan fingerprint density at radius 1 is 1.18 bits per heavy atom. The van der Waals surface area contributed by atoms with Gasteiger partial charge < -0.3 is 9.80 Å². The van der Waals surface area contributed by atoms with Crippen LogP contribution in [0.5, 0.6) is 0 Å². The molecule has 0 saturated carbocycles. The number of amides is 1. The first kappa shape index (κ1) is 14.5. The third-order valence-corrected chi connectivity index (χ3v) is 3.44. The van der Waals surface area contributed by atoms with Gasteiger partial charge in [-0.1, -0.05) is 6.92 Å². The van der Waals surface area contributed by atoms with Gasteiger partial charge in [-0.05, 0) is 39.5 Å². The SMILES string of the molecule is CCCN(C)CCCN1CCN(C(C)=O)CC1. The summed E-state index contributed by atoms with van der Waals surface area (Å²) in [7, 11) is 2.19. The van der Waals surface area contributed by atoms with Gasteiger partial charge in [-0.25, -0.2) is 0 Å². The van der Waals surface area contributed by atoms with Gasteiger partial charge >= 0.3 is 0 Å². The van der Waals surface area contributed by atoms with Crippen LogP contribution in [-0.4, -0.2) is 73.5 Å². The van der Waals surface area contributed by atoms with Crippen molar-refractivity contribution in [3.05, 3.63) is 0 Å². The maximum Gasteiger partial charge on any atom is 0.219 e. The molecule has 0 atom stereocenters. The molecule has 1 aliphatic rings. The Hall–Kier alpha value is -0.610. The van der Waals surface area contributed by atoms with E-state index >= 15 is 0 Å². The van der Waals surface area contributed by atoms with E-state index in [9.17, 15) is 4.79 Å². The van der Waals surface area contributed by atoms with Crippen molar-refractivity contribution in [3.63, 3.8) is 0 Å². The molecule has 0 bridgehead atoms. The van der Waals surface area contributed by atoms with Gasteiger partial charge in [-0.3, -0.25) is 9.69 Å². The van der Waals surface area contributed by atoms with E-state index in [0.717, 1.165) is 26.2 Å². The van der Waals surface area contributed by atoms with Gasteiger partial charge in [0, 0.05) is 33.1 Å². The van der Waals surface area contributed by atoms with Crippen LogP contribution in [0.4, 0.5) is 0 Å². The van der Waals surface area contributed by atoms with Gasteiger partial charge in [0.25, 0.3) is 0 Å². The Labute approximate surface area is 106 Å². The summed E-state index contributed by atoms with van der Waals surface area (Å²) in [6, 6.07) is 0. The highest BCUT2D eigenvalue weighted by Gasteiger charge is 2.17. The van der Waals surface area contributed by atoms with Gasteiger partial charge in [0.2, 0.25) is 5.91 Å². The molecule has 1 fully saturated rings. The lowest BCUT2D eigenvalue weighted by Crippen LogP contribution is -2.48. The quantitative estimate of drug-likeness (QED) is 0.691. The predicted molar refractivity (Wildman–Crippen MR) is 71.1 cm³/mol. The van der Waals surface area contributed by atoms with Gasteiger partial charge in [0.1, 0.15) is 0 Å². The first-order valence-electron chi connectivity index (χ1n) is 6.80. The maximum atomic E-state index is 11.2. The van der Waals surface area contributed by atoms with E-state index in [1.54, 1.807) is 6.92 Å². The first-order valence-corrected chi connectivity index (χ1v) is 6.80. The van der Waals surface area contributed by atoms with Gasteiger partial charge in [0.05, 0.1) is 0 Å². The van der Waals surface area contributed by atoms with E-state index < -0.39 is 0 Å². The summed E-state index contributed by atoms with van der Waals surface area (Å²) in [5, 5.41) is 0. The third kappa shape index (κ3) is 5.50. The highest BCUT2D eigenvalue weighted by Crippen LogP contribution is 2.03. The van der Waals surface area contributed by atoms with Crippen molar-refractivity contribution in [1.82, 2.24) is 14.7 Å². The molecule has 0 aromatic carbocycles. The lowest BCUT2D eigenvalue weighted by Gasteiger charge is -2.34. The fraction of sp³-hybridized carbons (Fsp3) is 0.923. The Bertz CT molecular complexity index is 225. The Morgan fingerprint density at radius 3 is 2.35 bits per heavy atom. The van der Waals surface area contributed by atoms with Crippen molar-refractivity contribution in [2.75, 3.05) is 52.9 Å². The van der Waals surface area contributed by atoms with E-state index in [1.807, 2.05) is 4.90 Å². The molecule has 0 N–H and O–H groups in total. The van der Waals surface area contributed by atoms with Crippen LogP contribution in [-0.2, 0) is 4.79 Å². The van der Waals surface area contributed by atoms with Crippen LogP contribution in [0.3, 0.4) is 0 Å². The van der Waals surface area contributed by atoms with E-state index in [2.05, 4.69) is 23.8 Å². The highest BCUT2D eigenvalue weighted by atomic mass is 16.2. The van der Waals surface area contributed by atoms with Crippen LogP contribution in [0.1, 0.15) is 26.7 Å². The third-order valence-electron chi connectivity index (χ3n) is 3.44. The molecule has 1 amide bonds. The molecule has 0 unspecified atom stereocenters. The standard InChI is InChI=1S/C13H27N3O/c1-4-6-14(3)7-5-8-15-9-11-16(12-10-15)13(2)17/h4-12H2,1-3H3. The molecule has 1 aliphatic heterocycles. The lowest BCUT2D eigenvalue weighted by molar-refractivity contribution is -0.130. The second-order valence-electron chi connectivity index (χ2n) is 5.00. The molecule has 100 valence electrons. The minimum atomic E-state index is 0.215. The largest absolute Gasteiger partial charge is 0.340 e. The zero-order valence-corrected chi connectivity index (χ0v) is 11.6. The van der Waals surface area contributed by atoms with Crippen molar-refractivity contribution in [1.29, 1.82) is 0 Å². The van der Waals surface area contributed by atoms with Gasteiger partial charge in [0.15, 0.2) is 0 Å². The molecular weight excluding hydrogens is 214 g/mol. The molecule has 0 spiro atoms.